The third-order valence-corrected chi connectivity index (χ3v) is 5.68. The first-order chi connectivity index (χ1) is 19.2. The zero-order valence-electron chi connectivity index (χ0n) is 23.4. The van der Waals surface area contributed by atoms with Crippen LogP contribution in [0.5, 0.6) is 5.75 Å². The van der Waals surface area contributed by atoms with Crippen molar-refractivity contribution in [1.29, 1.82) is 0 Å². The van der Waals surface area contributed by atoms with Crippen molar-refractivity contribution in [3.05, 3.63) is 71.5 Å². The monoisotopic (exact) mass is 571 g/mol. The number of alkyl halides is 3. The third kappa shape index (κ3) is 8.54. The number of nitrogens with one attached hydrogen (secondary N) is 2. The van der Waals surface area contributed by atoms with Crippen LogP contribution in [0, 0.1) is 0 Å². The number of anilines is 2. The molecule has 11 heteroatoms. The summed E-state index contributed by atoms with van der Waals surface area (Å²) in [5.74, 6) is -1.96. The number of rotatable bonds is 9. The molecule has 41 heavy (non-hydrogen) atoms. The number of halogens is 3. The quantitative estimate of drug-likeness (QED) is 0.206. The lowest BCUT2D eigenvalue weighted by atomic mass is 9.98. The Kier molecular flexibility index (Phi) is 9.75. The number of aromatic nitrogens is 1. The summed E-state index contributed by atoms with van der Waals surface area (Å²) in [5.41, 5.74) is 0.0630. The molecule has 0 radical (unpaired) electrons. The van der Waals surface area contributed by atoms with E-state index < -0.39 is 47.3 Å². The van der Waals surface area contributed by atoms with E-state index in [0.29, 0.717) is 12.5 Å². The molecule has 2 amide bonds. The van der Waals surface area contributed by atoms with Crippen LogP contribution in [-0.4, -0.2) is 35.0 Å². The number of carbonyl (C=O) groups is 3. The molecule has 218 valence electrons. The summed E-state index contributed by atoms with van der Waals surface area (Å²) >= 11 is 0. The summed E-state index contributed by atoms with van der Waals surface area (Å²) in [6.07, 6.45) is -4.08. The van der Waals surface area contributed by atoms with E-state index in [-0.39, 0.29) is 23.5 Å². The van der Waals surface area contributed by atoms with E-state index in [1.54, 1.807) is 51.2 Å². The lowest BCUT2D eigenvalue weighted by Gasteiger charge is -2.22. The van der Waals surface area contributed by atoms with Gasteiger partial charge in [0.2, 0.25) is 5.91 Å². The molecule has 2 aromatic carbocycles. The molecular weight excluding hydrogens is 539 g/mol. The van der Waals surface area contributed by atoms with Gasteiger partial charge in [0.15, 0.2) is 5.78 Å². The maximum atomic E-state index is 13.8. The highest BCUT2D eigenvalue weighted by Gasteiger charge is 2.36. The molecule has 0 fully saturated rings. The molecule has 0 unspecified atom stereocenters. The zero-order chi connectivity index (χ0) is 30.4. The molecule has 0 aliphatic heterocycles. The van der Waals surface area contributed by atoms with Crippen LogP contribution in [0.3, 0.4) is 0 Å². The Labute approximate surface area is 236 Å². The molecule has 0 atom stereocenters. The van der Waals surface area contributed by atoms with Gasteiger partial charge in [0, 0.05) is 29.1 Å². The Morgan fingerprint density at radius 1 is 0.927 bits per heavy atom. The van der Waals surface area contributed by atoms with Crippen LogP contribution in [0.4, 0.5) is 29.3 Å². The van der Waals surface area contributed by atoms with Crippen molar-refractivity contribution in [2.45, 2.75) is 59.2 Å². The number of hydrogen-bond donors (Lipinski definition) is 2. The molecule has 0 saturated heterocycles. The Bertz CT molecular complexity index is 1430. The summed E-state index contributed by atoms with van der Waals surface area (Å²) in [6.45, 7) is 8.24. The van der Waals surface area contributed by atoms with Gasteiger partial charge in [0.1, 0.15) is 11.4 Å². The molecule has 0 aliphatic rings. The molecule has 1 heterocycles. The number of benzene rings is 2. The molecular formula is C30H32F3N3O5. The lowest BCUT2D eigenvalue weighted by Crippen LogP contribution is -2.28. The van der Waals surface area contributed by atoms with Crippen LogP contribution in [0.25, 0.3) is 11.1 Å². The molecule has 2 N–H and O–H groups in total. The normalized spacial score (nSPS) is 11.5. The highest BCUT2D eigenvalue weighted by atomic mass is 19.4. The van der Waals surface area contributed by atoms with Crippen LogP contribution in [0.15, 0.2) is 54.7 Å². The van der Waals surface area contributed by atoms with Gasteiger partial charge in [-0.3, -0.25) is 19.9 Å². The summed E-state index contributed by atoms with van der Waals surface area (Å²) in [4.78, 5) is 42.7. The molecule has 0 spiro atoms. The van der Waals surface area contributed by atoms with Gasteiger partial charge in [0.25, 0.3) is 0 Å². The molecule has 0 aliphatic carbocycles. The highest BCUT2D eigenvalue weighted by molar-refractivity contribution is 6.12. The molecule has 0 bridgehead atoms. The number of hydrogen-bond acceptors (Lipinski definition) is 6. The minimum absolute atomic E-state index is 0.0764. The molecule has 0 saturated carbocycles. The standard InChI is InChI=1S/C30H32F3N3O5/c1-6-22-20(12-9-13-34-22)18-10-8-11-19(14-18)25(37)17-27(38)35-23-15-21(30(31,32)33)26(40-7-2)16-24(23)36-28(39)41-29(3,4)5/h8-16H,6-7,17H2,1-5H3,(H,35,38)(H,36,39). The van der Waals surface area contributed by atoms with Crippen LogP contribution >= 0.6 is 0 Å². The van der Waals surface area contributed by atoms with E-state index in [9.17, 15) is 27.6 Å². The minimum Gasteiger partial charge on any atom is -0.493 e. The summed E-state index contributed by atoms with van der Waals surface area (Å²) in [7, 11) is 0. The SMILES string of the molecule is CCOc1cc(NC(=O)OC(C)(C)C)c(NC(=O)CC(=O)c2cccc(-c3cccnc3CC)c2)cc1C(F)(F)F. The largest absolute Gasteiger partial charge is 0.493 e. The number of Topliss-reactive ketones (excluding diaryl/α,β-unsaturated/α-hetero) is 1. The summed E-state index contributed by atoms with van der Waals surface area (Å²) < 4.78 is 51.8. The Hall–Kier alpha value is -4.41. The van der Waals surface area contributed by atoms with Gasteiger partial charge in [-0.15, -0.1) is 0 Å². The molecule has 3 aromatic rings. The predicted molar refractivity (Wildman–Crippen MR) is 149 cm³/mol. The Balaban J connectivity index is 1.89. The van der Waals surface area contributed by atoms with Crippen molar-refractivity contribution >= 4 is 29.2 Å². The number of amides is 2. The van der Waals surface area contributed by atoms with Crippen molar-refractivity contribution < 1.29 is 37.0 Å². The summed E-state index contributed by atoms with van der Waals surface area (Å²) in [5, 5.41) is 4.69. The van der Waals surface area contributed by atoms with E-state index >= 15 is 0 Å². The number of ether oxygens (including phenoxy) is 2. The van der Waals surface area contributed by atoms with Crippen LogP contribution in [0.2, 0.25) is 0 Å². The van der Waals surface area contributed by atoms with E-state index in [2.05, 4.69) is 15.6 Å². The fourth-order valence-electron chi connectivity index (χ4n) is 3.98. The first-order valence-electron chi connectivity index (χ1n) is 13.0. The minimum atomic E-state index is -4.83. The van der Waals surface area contributed by atoms with Gasteiger partial charge in [-0.25, -0.2) is 4.79 Å². The van der Waals surface area contributed by atoms with Gasteiger partial charge in [-0.2, -0.15) is 13.2 Å². The number of ketones is 1. The second-order valence-electron chi connectivity index (χ2n) is 10.0. The summed E-state index contributed by atoms with van der Waals surface area (Å²) in [6, 6.07) is 12.0. The van der Waals surface area contributed by atoms with Crippen LogP contribution in [-0.2, 0) is 22.1 Å². The van der Waals surface area contributed by atoms with Gasteiger partial charge in [-0.1, -0.05) is 31.2 Å². The van der Waals surface area contributed by atoms with Crippen LogP contribution < -0.4 is 15.4 Å². The first kappa shape index (κ1) is 31.1. The number of pyridine rings is 1. The number of carbonyl (C=O) groups excluding carboxylic acids is 3. The highest BCUT2D eigenvalue weighted by Crippen LogP contribution is 2.41. The predicted octanol–water partition coefficient (Wildman–Crippen LogP) is 7.29. The average Bonchev–Trinajstić information content (AvgIpc) is 2.88. The molecule has 8 nitrogen and oxygen atoms in total. The second kappa shape index (κ2) is 12.8. The maximum Gasteiger partial charge on any atom is 0.420 e. The van der Waals surface area contributed by atoms with E-state index in [1.165, 1.54) is 6.92 Å². The number of nitrogens with zero attached hydrogens (tertiary/aromatic N) is 1. The average molecular weight is 572 g/mol. The van der Waals surface area contributed by atoms with Crippen molar-refractivity contribution in [2.75, 3.05) is 17.2 Å². The van der Waals surface area contributed by atoms with Gasteiger partial charge < -0.3 is 14.8 Å². The third-order valence-electron chi connectivity index (χ3n) is 5.68. The topological polar surface area (TPSA) is 107 Å². The lowest BCUT2D eigenvalue weighted by molar-refractivity contribution is -0.138. The van der Waals surface area contributed by atoms with Crippen molar-refractivity contribution in [2.24, 2.45) is 0 Å². The smallest absolute Gasteiger partial charge is 0.420 e. The maximum absolute atomic E-state index is 13.8. The van der Waals surface area contributed by atoms with E-state index in [0.717, 1.165) is 22.9 Å². The zero-order valence-corrected chi connectivity index (χ0v) is 23.4. The second-order valence-corrected chi connectivity index (χ2v) is 10.0. The molecule has 3 rings (SSSR count). The first-order valence-corrected chi connectivity index (χ1v) is 13.0. The van der Waals surface area contributed by atoms with Crippen molar-refractivity contribution in [3.8, 4) is 16.9 Å². The molecule has 1 aromatic heterocycles. The fourth-order valence-corrected chi connectivity index (χ4v) is 3.98. The fraction of sp³-hybridized carbons (Fsp3) is 0.333. The van der Waals surface area contributed by atoms with E-state index in [4.69, 9.17) is 9.47 Å². The van der Waals surface area contributed by atoms with Crippen molar-refractivity contribution in [1.82, 2.24) is 4.98 Å². The van der Waals surface area contributed by atoms with Crippen LogP contribution in [0.1, 0.15) is 62.7 Å². The Morgan fingerprint density at radius 3 is 2.27 bits per heavy atom. The van der Waals surface area contributed by atoms with Gasteiger partial charge >= 0.3 is 12.3 Å². The van der Waals surface area contributed by atoms with Gasteiger partial charge in [0.05, 0.1) is 30.0 Å². The Morgan fingerprint density at radius 2 is 1.63 bits per heavy atom. The van der Waals surface area contributed by atoms with E-state index in [1.807, 2.05) is 19.1 Å². The van der Waals surface area contributed by atoms with Crippen molar-refractivity contribution in [3.63, 3.8) is 0 Å². The number of aryl methyl sites for hydroxylation is 1. The van der Waals surface area contributed by atoms with Gasteiger partial charge in [-0.05, 0) is 57.9 Å².